The molecule has 1 N–H and O–H groups in total. The molecule has 1 aromatic heterocycles. The van der Waals surface area contributed by atoms with Gasteiger partial charge in [-0.1, -0.05) is 23.9 Å². The average Bonchev–Trinajstić information content (AvgIpc) is 3.06. The molecule has 1 amide bonds. The Bertz CT molecular complexity index is 815. The Hall–Kier alpha value is -1.90. The molecule has 0 bridgehead atoms. The summed E-state index contributed by atoms with van der Waals surface area (Å²) in [5.41, 5.74) is 2.09. The third-order valence-corrected chi connectivity index (χ3v) is 5.90. The molecular formula is C20H29N5O2S. The first-order valence-electron chi connectivity index (χ1n) is 9.58. The van der Waals surface area contributed by atoms with Gasteiger partial charge in [0.05, 0.1) is 19.0 Å². The number of nitrogens with zero attached hydrogens (tertiary/aromatic N) is 4. The third-order valence-electron chi connectivity index (χ3n) is 4.97. The summed E-state index contributed by atoms with van der Waals surface area (Å²) in [7, 11) is 0. The maximum Gasteiger partial charge on any atom is 0.230 e. The SMILES string of the molecule is Cc1cccc(-n2c(C)nnc2SCC(=O)NCC(C)(C)N2CCOCC2)c1. The van der Waals surface area contributed by atoms with Crippen LogP contribution in [0.5, 0.6) is 0 Å². The number of carbonyl (C=O) groups is 1. The van der Waals surface area contributed by atoms with Gasteiger partial charge in [0.2, 0.25) is 5.91 Å². The van der Waals surface area contributed by atoms with E-state index >= 15 is 0 Å². The summed E-state index contributed by atoms with van der Waals surface area (Å²) in [5.74, 6) is 1.12. The van der Waals surface area contributed by atoms with Crippen molar-refractivity contribution >= 4 is 17.7 Å². The molecule has 2 heterocycles. The van der Waals surface area contributed by atoms with Gasteiger partial charge in [-0.3, -0.25) is 14.3 Å². The second-order valence-electron chi connectivity index (χ2n) is 7.68. The van der Waals surface area contributed by atoms with Crippen molar-refractivity contribution in [3.8, 4) is 5.69 Å². The van der Waals surface area contributed by atoms with Crippen LogP contribution in [-0.2, 0) is 9.53 Å². The molecule has 7 nitrogen and oxygen atoms in total. The molecule has 0 saturated carbocycles. The van der Waals surface area contributed by atoms with Crippen LogP contribution in [0.4, 0.5) is 0 Å². The molecule has 0 spiro atoms. The molecular weight excluding hydrogens is 374 g/mol. The molecule has 0 aliphatic carbocycles. The Morgan fingerprint density at radius 3 is 2.71 bits per heavy atom. The van der Waals surface area contributed by atoms with Crippen molar-refractivity contribution in [2.24, 2.45) is 0 Å². The topological polar surface area (TPSA) is 72.3 Å². The normalized spacial score (nSPS) is 15.6. The van der Waals surface area contributed by atoms with Gasteiger partial charge in [-0.05, 0) is 45.4 Å². The smallest absolute Gasteiger partial charge is 0.230 e. The van der Waals surface area contributed by atoms with Crippen LogP contribution in [-0.4, -0.2) is 69.7 Å². The first-order valence-corrected chi connectivity index (χ1v) is 10.6. The summed E-state index contributed by atoms with van der Waals surface area (Å²) in [5, 5.41) is 12.2. The molecule has 0 atom stereocenters. The van der Waals surface area contributed by atoms with Gasteiger partial charge in [0.25, 0.3) is 0 Å². The molecule has 1 aliphatic heterocycles. The molecule has 152 valence electrons. The predicted octanol–water partition coefficient (Wildman–Crippen LogP) is 2.20. The number of aryl methyl sites for hydroxylation is 2. The number of aromatic nitrogens is 3. The first kappa shape index (κ1) is 20.8. The second-order valence-corrected chi connectivity index (χ2v) is 8.62. The molecule has 28 heavy (non-hydrogen) atoms. The monoisotopic (exact) mass is 403 g/mol. The first-order chi connectivity index (χ1) is 13.4. The fourth-order valence-electron chi connectivity index (χ4n) is 3.28. The fourth-order valence-corrected chi connectivity index (χ4v) is 4.10. The quantitative estimate of drug-likeness (QED) is 0.715. The van der Waals surface area contributed by atoms with Crippen LogP contribution in [0.2, 0.25) is 0 Å². The maximum atomic E-state index is 12.4. The van der Waals surface area contributed by atoms with Crippen LogP contribution < -0.4 is 5.32 Å². The van der Waals surface area contributed by atoms with E-state index in [1.165, 1.54) is 17.3 Å². The molecule has 3 rings (SSSR count). The summed E-state index contributed by atoms with van der Waals surface area (Å²) in [6.45, 7) is 12.2. The van der Waals surface area contributed by atoms with Crippen molar-refractivity contribution in [3.05, 3.63) is 35.7 Å². The minimum atomic E-state index is -0.0950. The van der Waals surface area contributed by atoms with Crippen LogP contribution >= 0.6 is 11.8 Å². The Morgan fingerprint density at radius 1 is 1.25 bits per heavy atom. The van der Waals surface area contributed by atoms with Crippen LogP contribution in [0.15, 0.2) is 29.4 Å². The van der Waals surface area contributed by atoms with E-state index in [9.17, 15) is 4.79 Å². The largest absolute Gasteiger partial charge is 0.379 e. The molecule has 1 saturated heterocycles. The molecule has 0 radical (unpaired) electrons. The third kappa shape index (κ3) is 5.12. The molecule has 1 fully saturated rings. The van der Waals surface area contributed by atoms with Gasteiger partial charge in [-0.15, -0.1) is 10.2 Å². The van der Waals surface area contributed by atoms with E-state index in [2.05, 4.69) is 53.3 Å². The summed E-state index contributed by atoms with van der Waals surface area (Å²) in [4.78, 5) is 14.8. The van der Waals surface area contributed by atoms with E-state index in [0.717, 1.165) is 43.0 Å². The average molecular weight is 404 g/mol. The number of morpholine rings is 1. The Kier molecular flexibility index (Phi) is 6.74. The van der Waals surface area contributed by atoms with Gasteiger partial charge in [-0.2, -0.15) is 0 Å². The number of amides is 1. The summed E-state index contributed by atoms with van der Waals surface area (Å²) < 4.78 is 7.41. The van der Waals surface area contributed by atoms with E-state index in [0.29, 0.717) is 12.3 Å². The number of hydrogen-bond acceptors (Lipinski definition) is 6. The van der Waals surface area contributed by atoms with E-state index in [1.807, 2.05) is 23.6 Å². The van der Waals surface area contributed by atoms with Crippen molar-refractivity contribution in [2.45, 2.75) is 38.4 Å². The molecule has 1 aliphatic rings. The van der Waals surface area contributed by atoms with Gasteiger partial charge in [0.1, 0.15) is 5.82 Å². The number of ether oxygens (including phenoxy) is 1. The van der Waals surface area contributed by atoms with E-state index < -0.39 is 0 Å². The standard InChI is InChI=1S/C20H29N5O2S/c1-15-6-5-7-17(12-15)25-16(2)22-23-19(25)28-13-18(26)21-14-20(3,4)24-8-10-27-11-9-24/h5-7,12H,8-11,13-14H2,1-4H3,(H,21,26). The zero-order chi connectivity index (χ0) is 20.1. The van der Waals surface area contributed by atoms with Gasteiger partial charge < -0.3 is 10.1 Å². The van der Waals surface area contributed by atoms with Gasteiger partial charge in [0, 0.05) is 30.9 Å². The Balaban J connectivity index is 1.57. The highest BCUT2D eigenvalue weighted by molar-refractivity contribution is 7.99. The summed E-state index contributed by atoms with van der Waals surface area (Å²) in [6.07, 6.45) is 0. The maximum absolute atomic E-state index is 12.4. The Morgan fingerprint density at radius 2 is 2.00 bits per heavy atom. The van der Waals surface area contributed by atoms with Crippen LogP contribution in [0.3, 0.4) is 0 Å². The number of rotatable bonds is 7. The lowest BCUT2D eigenvalue weighted by atomic mass is 10.0. The Labute approximate surface area is 170 Å². The highest BCUT2D eigenvalue weighted by Crippen LogP contribution is 2.22. The highest BCUT2D eigenvalue weighted by Gasteiger charge is 2.28. The van der Waals surface area contributed by atoms with Crippen molar-refractivity contribution in [2.75, 3.05) is 38.6 Å². The fraction of sp³-hybridized carbons (Fsp3) is 0.550. The van der Waals surface area contributed by atoms with Crippen LogP contribution in [0, 0.1) is 13.8 Å². The van der Waals surface area contributed by atoms with Crippen molar-refractivity contribution in [1.29, 1.82) is 0 Å². The second kappa shape index (κ2) is 9.07. The van der Waals surface area contributed by atoms with Gasteiger partial charge >= 0.3 is 0 Å². The van der Waals surface area contributed by atoms with Crippen LogP contribution in [0.1, 0.15) is 25.2 Å². The van der Waals surface area contributed by atoms with E-state index in [4.69, 9.17) is 4.74 Å². The highest BCUT2D eigenvalue weighted by atomic mass is 32.2. The lowest BCUT2D eigenvalue weighted by Crippen LogP contribution is -2.55. The summed E-state index contributed by atoms with van der Waals surface area (Å²) >= 11 is 1.41. The lowest BCUT2D eigenvalue weighted by Gasteiger charge is -2.40. The molecule has 0 unspecified atom stereocenters. The van der Waals surface area contributed by atoms with Gasteiger partial charge in [0.15, 0.2) is 5.16 Å². The van der Waals surface area contributed by atoms with E-state index in [-0.39, 0.29) is 11.4 Å². The summed E-state index contributed by atoms with van der Waals surface area (Å²) in [6, 6.07) is 8.18. The van der Waals surface area contributed by atoms with Crippen molar-refractivity contribution in [1.82, 2.24) is 25.0 Å². The van der Waals surface area contributed by atoms with Crippen molar-refractivity contribution < 1.29 is 9.53 Å². The zero-order valence-electron chi connectivity index (χ0n) is 17.1. The number of thioether (sulfide) groups is 1. The van der Waals surface area contributed by atoms with Crippen LogP contribution in [0.25, 0.3) is 5.69 Å². The van der Waals surface area contributed by atoms with E-state index in [1.54, 1.807) is 0 Å². The minimum absolute atomic E-state index is 0.00257. The lowest BCUT2D eigenvalue weighted by molar-refractivity contribution is -0.119. The van der Waals surface area contributed by atoms with Gasteiger partial charge in [-0.25, -0.2) is 0 Å². The molecule has 8 heteroatoms. The zero-order valence-corrected chi connectivity index (χ0v) is 17.9. The number of carbonyl (C=O) groups excluding carboxylic acids is 1. The number of hydrogen-bond donors (Lipinski definition) is 1. The number of benzene rings is 1. The minimum Gasteiger partial charge on any atom is -0.379 e. The number of nitrogens with one attached hydrogen (secondary N) is 1. The molecule has 2 aromatic rings. The predicted molar refractivity (Wildman–Crippen MR) is 111 cm³/mol. The molecule has 1 aromatic carbocycles. The van der Waals surface area contributed by atoms with Crippen molar-refractivity contribution in [3.63, 3.8) is 0 Å².